The van der Waals surface area contributed by atoms with Gasteiger partial charge in [0, 0.05) is 31.8 Å². The molecule has 1 heterocycles. The van der Waals surface area contributed by atoms with Crippen LogP contribution >= 0.6 is 15.9 Å². The van der Waals surface area contributed by atoms with Crippen LogP contribution in [-0.2, 0) is 17.3 Å². The lowest BCUT2D eigenvalue weighted by atomic mass is 9.43. The molecule has 2 spiro atoms. The molecule has 0 radical (unpaired) electrons. The first-order valence-corrected chi connectivity index (χ1v) is 36.4. The maximum Gasteiger partial charge on any atom is 0.0541 e. The van der Waals surface area contributed by atoms with Crippen LogP contribution in [0.5, 0.6) is 0 Å². The van der Waals surface area contributed by atoms with Crippen molar-refractivity contribution in [1.29, 1.82) is 0 Å². The smallest absolute Gasteiger partial charge is 0.0541 e. The van der Waals surface area contributed by atoms with E-state index in [-0.39, 0.29) is 10.8 Å². The van der Waals surface area contributed by atoms with Crippen LogP contribution in [0.3, 0.4) is 0 Å². The van der Waals surface area contributed by atoms with Crippen molar-refractivity contribution in [2.75, 3.05) is 0 Å². The summed E-state index contributed by atoms with van der Waals surface area (Å²) < 4.78 is 3.55. The Kier molecular flexibility index (Phi) is 13.0. The van der Waals surface area contributed by atoms with E-state index in [9.17, 15) is 0 Å². The lowest BCUT2D eigenvalue weighted by molar-refractivity contribution is -0.0399. The van der Waals surface area contributed by atoms with E-state index in [2.05, 4.69) is 293 Å². The Labute approximate surface area is 567 Å². The highest BCUT2D eigenvalue weighted by molar-refractivity contribution is 9.10. The topological polar surface area (TPSA) is 4.93 Å². The average Bonchev–Trinajstić information content (AvgIpc) is 1.56. The molecule has 0 atom stereocenters. The molecule has 24 rings (SSSR count). The Morgan fingerprint density at radius 2 is 0.642 bits per heavy atom. The van der Waals surface area contributed by atoms with Gasteiger partial charge in [-0.3, -0.25) is 0 Å². The molecule has 8 saturated carbocycles. The van der Waals surface area contributed by atoms with Gasteiger partial charge in [-0.05, 0) is 290 Å². The SMILES string of the molecule is Brc1ccc(-c2ccccc2)cc1.c1ccc(-c2ccc(-n3c4ccccc4c4cc(-c5ccc6c(c5)-c5ccccc5C65C6CC7CC(C6)CC5C7)ccc43)cc2)cc1.c1ccc2c(c1)Cc1ccc(-c3ccc4c(c3)-c3ccccc3C43C4CC5CC(C4)CC3C5)cc1-2. The van der Waals surface area contributed by atoms with Crippen LogP contribution in [0.15, 0.2) is 284 Å². The number of fused-ring (bicyclic) bond motifs is 12. The van der Waals surface area contributed by atoms with Crippen LogP contribution in [-0.4, -0.2) is 4.57 Å². The van der Waals surface area contributed by atoms with E-state index in [1.807, 2.05) is 6.07 Å². The molecule has 8 fully saturated rings. The molecule has 1 nitrogen and oxygen atoms in total. The number of hydrogen-bond acceptors (Lipinski definition) is 0. The first-order valence-electron chi connectivity index (χ1n) is 35.6. The summed E-state index contributed by atoms with van der Waals surface area (Å²) in [4.78, 5) is 0. The molecule has 0 saturated heterocycles. The zero-order chi connectivity index (χ0) is 62.5. The summed E-state index contributed by atoms with van der Waals surface area (Å²) >= 11 is 3.42. The summed E-state index contributed by atoms with van der Waals surface area (Å²) in [5, 5.41) is 2.61. The summed E-state index contributed by atoms with van der Waals surface area (Å²) in [6.07, 6.45) is 15.6. The fourth-order valence-corrected chi connectivity index (χ4v) is 22.4. The van der Waals surface area contributed by atoms with Crippen molar-refractivity contribution in [1.82, 2.24) is 4.57 Å². The van der Waals surface area contributed by atoms with Crippen molar-refractivity contribution >= 4 is 37.7 Å². The van der Waals surface area contributed by atoms with Crippen LogP contribution in [0.4, 0.5) is 0 Å². The lowest BCUT2D eigenvalue weighted by Gasteiger charge is -2.61. The van der Waals surface area contributed by atoms with E-state index in [0.29, 0.717) is 0 Å². The Morgan fingerprint density at radius 3 is 1.19 bits per heavy atom. The standard InChI is InChI=1S/C46H37N.C35H30.C12H9Br/c1-2-8-31(9-3-1)32-14-18-37(19-15-32)47-44-13-7-5-11-39(44)41-28-34(17-21-45(41)47)33-16-20-43-40(27-33)38-10-4-6-12-42(38)46(43)35-23-29-22-30(25-35)26-36(46)24-29;1-2-6-29-25(5-1)18-26-10-9-23(19-31(26)29)24-11-12-34-32(20-24)30-7-3-4-8-33(30)35(34)27-14-21-13-22(16-27)17-28(35)15-21;13-12-8-6-11(7-9-12)10-4-2-1-3-5-10/h1-21,27-30,35-36H,22-26H2;1-12,19-22,27-28H,13-18H2;1-9H. The summed E-state index contributed by atoms with van der Waals surface area (Å²) in [6, 6.07) is 104. The maximum atomic E-state index is 3.42. The van der Waals surface area contributed by atoms with Crippen LogP contribution < -0.4 is 0 Å². The second-order valence-electron chi connectivity index (χ2n) is 30.0. The molecule has 13 aromatic rings. The zero-order valence-electron chi connectivity index (χ0n) is 53.8. The van der Waals surface area contributed by atoms with Crippen LogP contribution in [0.2, 0.25) is 0 Å². The van der Waals surface area contributed by atoms with Gasteiger partial charge in [0.1, 0.15) is 0 Å². The average molecular weight is 1290 g/mol. The minimum absolute atomic E-state index is 0.227. The minimum atomic E-state index is 0.227. The molecule has 11 aliphatic rings. The van der Waals surface area contributed by atoms with Crippen molar-refractivity contribution in [3.05, 3.63) is 317 Å². The highest BCUT2D eigenvalue weighted by Gasteiger charge is 2.63. The third-order valence-corrected chi connectivity index (χ3v) is 26.0. The van der Waals surface area contributed by atoms with Gasteiger partial charge in [0.05, 0.1) is 11.0 Å². The second-order valence-corrected chi connectivity index (χ2v) is 31.0. The van der Waals surface area contributed by atoms with Gasteiger partial charge in [-0.1, -0.05) is 234 Å². The highest BCUT2D eigenvalue weighted by Crippen LogP contribution is 2.71. The van der Waals surface area contributed by atoms with Gasteiger partial charge in [0.15, 0.2) is 0 Å². The zero-order valence-corrected chi connectivity index (χ0v) is 55.4. The van der Waals surface area contributed by atoms with Gasteiger partial charge in [-0.15, -0.1) is 0 Å². The summed E-state index contributed by atoms with van der Waals surface area (Å²) in [6.45, 7) is 0. The Balaban J connectivity index is 0.000000113. The normalized spacial score (nSPS) is 24.9. The first kappa shape index (κ1) is 56.3. The molecule has 460 valence electrons. The van der Waals surface area contributed by atoms with Gasteiger partial charge < -0.3 is 4.57 Å². The van der Waals surface area contributed by atoms with Crippen LogP contribution in [0, 0.1) is 47.3 Å². The van der Waals surface area contributed by atoms with E-state index in [0.717, 1.165) is 58.2 Å². The van der Waals surface area contributed by atoms with E-state index >= 15 is 0 Å². The Morgan fingerprint density at radius 1 is 0.263 bits per heavy atom. The van der Waals surface area contributed by atoms with Crippen LogP contribution in [0.1, 0.15) is 97.6 Å². The molecule has 12 aromatic carbocycles. The number of para-hydroxylation sites is 1. The predicted molar refractivity (Wildman–Crippen MR) is 398 cm³/mol. The fraction of sp³-hybridized carbons (Fsp3) is 0.226. The molecule has 0 N–H and O–H groups in total. The summed E-state index contributed by atoms with van der Waals surface area (Å²) in [5.41, 5.74) is 32.9. The summed E-state index contributed by atoms with van der Waals surface area (Å²) in [7, 11) is 0. The Hall–Kier alpha value is -9.08. The van der Waals surface area contributed by atoms with Crippen molar-refractivity contribution in [3.8, 4) is 83.6 Å². The van der Waals surface area contributed by atoms with Crippen molar-refractivity contribution < 1.29 is 0 Å². The third kappa shape index (κ3) is 8.71. The molecule has 0 aliphatic heterocycles. The van der Waals surface area contributed by atoms with E-state index in [4.69, 9.17) is 0 Å². The largest absolute Gasteiger partial charge is 0.309 e. The van der Waals surface area contributed by atoms with Crippen molar-refractivity contribution in [2.24, 2.45) is 47.3 Å². The van der Waals surface area contributed by atoms with E-state index in [1.54, 1.807) is 22.3 Å². The lowest BCUT2D eigenvalue weighted by Crippen LogP contribution is -2.55. The van der Waals surface area contributed by atoms with Gasteiger partial charge >= 0.3 is 0 Å². The number of benzene rings is 12. The van der Waals surface area contributed by atoms with Gasteiger partial charge in [-0.2, -0.15) is 0 Å². The number of hydrogen-bond donors (Lipinski definition) is 0. The number of aromatic nitrogens is 1. The van der Waals surface area contributed by atoms with Gasteiger partial charge in [0.25, 0.3) is 0 Å². The highest BCUT2D eigenvalue weighted by atomic mass is 79.9. The first-order chi connectivity index (χ1) is 46.9. The van der Waals surface area contributed by atoms with Crippen molar-refractivity contribution in [3.63, 3.8) is 0 Å². The monoisotopic (exact) mass is 1290 g/mol. The molecule has 0 amide bonds. The van der Waals surface area contributed by atoms with E-state index in [1.165, 1.54) is 181 Å². The molecule has 0 unspecified atom stereocenters. The van der Waals surface area contributed by atoms with Gasteiger partial charge in [-0.25, -0.2) is 0 Å². The molecular weight excluding hydrogens is 1210 g/mol. The second kappa shape index (κ2) is 22.0. The summed E-state index contributed by atoms with van der Waals surface area (Å²) in [5.74, 6) is 7.20. The Bertz CT molecular complexity index is 5130. The number of rotatable bonds is 5. The molecule has 2 heteroatoms. The number of nitrogens with zero attached hydrogens (tertiary/aromatic N) is 1. The molecule has 95 heavy (non-hydrogen) atoms. The van der Waals surface area contributed by atoms with Crippen molar-refractivity contribution in [2.45, 2.75) is 81.5 Å². The van der Waals surface area contributed by atoms with Gasteiger partial charge in [0.2, 0.25) is 0 Å². The molecule has 11 aliphatic carbocycles. The fourth-order valence-electron chi connectivity index (χ4n) is 22.1. The molecule has 1 aromatic heterocycles. The third-order valence-electron chi connectivity index (χ3n) is 25.4. The molecular formula is C93H76BrN. The predicted octanol–water partition coefficient (Wildman–Crippen LogP) is 24.6. The number of halogens is 1. The molecule has 8 bridgehead atoms. The maximum absolute atomic E-state index is 3.42. The minimum Gasteiger partial charge on any atom is -0.309 e. The quantitative estimate of drug-likeness (QED) is 0.162. The van der Waals surface area contributed by atoms with Crippen LogP contribution in [0.25, 0.3) is 105 Å². The van der Waals surface area contributed by atoms with E-state index < -0.39 is 0 Å².